The number of halogens is 6. The summed E-state index contributed by atoms with van der Waals surface area (Å²) < 4.78 is 79.0. The fraction of sp³-hybridized carbons (Fsp3) is 0.536. The van der Waals surface area contributed by atoms with E-state index in [1.165, 1.54) is 43.9 Å². The van der Waals surface area contributed by atoms with Crippen LogP contribution in [0.1, 0.15) is 99.3 Å². The lowest BCUT2D eigenvalue weighted by atomic mass is 10.1. The lowest BCUT2D eigenvalue weighted by molar-refractivity contribution is -0.144. The summed E-state index contributed by atoms with van der Waals surface area (Å²) in [5.41, 5.74) is 0.416. The molecular formula is C56H68F6N12O8. The third-order valence-electron chi connectivity index (χ3n) is 16.8. The second kappa shape index (κ2) is 24.2. The monoisotopic (exact) mass is 1150 g/mol. The highest BCUT2D eigenvalue weighted by atomic mass is 19.4. The van der Waals surface area contributed by atoms with Crippen molar-refractivity contribution in [3.8, 4) is 0 Å². The molecule has 442 valence electrons. The van der Waals surface area contributed by atoms with Gasteiger partial charge in [0.2, 0.25) is 35.4 Å². The van der Waals surface area contributed by atoms with Crippen molar-refractivity contribution in [1.82, 2.24) is 51.5 Å². The average molecular weight is 1150 g/mol. The summed E-state index contributed by atoms with van der Waals surface area (Å²) in [6.07, 6.45) is -5.80. The third-order valence-corrected chi connectivity index (χ3v) is 16.8. The number of hydrogen-bond donors (Lipinski definition) is 8. The number of anilines is 2. The minimum Gasteiger partial charge on any atom is -0.351 e. The first-order valence-corrected chi connectivity index (χ1v) is 27.7. The second-order valence-corrected chi connectivity index (χ2v) is 22.2. The molecule has 6 aliphatic rings. The fourth-order valence-electron chi connectivity index (χ4n) is 11.6. The molecule has 0 aromatic heterocycles. The molecule has 12 atom stereocenters. The zero-order chi connectivity index (χ0) is 58.9. The third kappa shape index (κ3) is 13.4. The molecular weight excluding hydrogens is 1080 g/mol. The lowest BCUT2D eigenvalue weighted by Crippen LogP contribution is -2.62. The van der Waals surface area contributed by atoms with Crippen molar-refractivity contribution in [2.45, 2.75) is 150 Å². The van der Waals surface area contributed by atoms with Crippen molar-refractivity contribution in [3.05, 3.63) is 95.1 Å². The maximum absolute atomic E-state index is 14.5. The van der Waals surface area contributed by atoms with Crippen LogP contribution in [-0.4, -0.2) is 168 Å². The zero-order valence-corrected chi connectivity index (χ0v) is 45.7. The van der Waals surface area contributed by atoms with Gasteiger partial charge in [0, 0.05) is 60.5 Å². The van der Waals surface area contributed by atoms with Gasteiger partial charge in [-0.1, -0.05) is 24.3 Å². The van der Waals surface area contributed by atoms with E-state index < -0.39 is 119 Å². The molecule has 4 saturated heterocycles. The van der Waals surface area contributed by atoms with Crippen molar-refractivity contribution in [2.24, 2.45) is 0 Å². The van der Waals surface area contributed by atoms with Crippen molar-refractivity contribution in [1.29, 1.82) is 0 Å². The Morgan fingerprint density at radius 3 is 1.18 bits per heavy atom. The van der Waals surface area contributed by atoms with Gasteiger partial charge in [0.1, 0.15) is 24.2 Å². The number of nitrogens with one attached hydrogen (secondary N) is 8. The minimum atomic E-state index is -4.48. The number of rotatable bonds is 14. The zero-order valence-electron chi connectivity index (χ0n) is 45.7. The Morgan fingerprint density at radius 2 is 0.854 bits per heavy atom. The first kappa shape index (κ1) is 59.2. The summed E-state index contributed by atoms with van der Waals surface area (Å²) in [7, 11) is 3.15. The average Bonchev–Trinajstić information content (AvgIpc) is 4.38. The van der Waals surface area contributed by atoms with E-state index in [9.17, 15) is 64.7 Å². The van der Waals surface area contributed by atoms with Crippen LogP contribution in [0.3, 0.4) is 0 Å². The number of carbonyl (C=O) groups excluding carboxylic acids is 8. The van der Waals surface area contributed by atoms with Crippen LogP contribution in [0.2, 0.25) is 0 Å². The SMILES string of the molecule is CN[C@@H](C)C(=O)N[C@H]1CN(C(=O)Nc2ccc(NC(=O)N3CC[C@H]4CC[C@@H](C(=O)N[C@H]5C[C@@H]5c5ccc(C(F)(F)F)cc5)N4C(=O)[C@H](NC(=O)[C@H](C)NC)C3)cc2)CC[C@H]2CC[C@@H](C(=O)N[C@H]3C[C@@H]3c3ccc(C(F)(F)F)cc3)N2C1=O. The van der Waals surface area contributed by atoms with E-state index >= 15 is 0 Å². The molecule has 0 radical (unpaired) electrons. The fourth-order valence-corrected chi connectivity index (χ4v) is 11.6. The highest BCUT2D eigenvalue weighted by Gasteiger charge is 2.50. The van der Waals surface area contributed by atoms with E-state index in [-0.39, 0.29) is 50.1 Å². The largest absolute Gasteiger partial charge is 0.416 e. The number of likely N-dealkylation sites (N-methyl/N-ethyl adjacent to an activating group) is 2. The standard InChI is InChI=1S/C56H68F6N12O8/c1-29(63-3)47(75)69-43-27-71(23-21-37-17-19-45(73(37)51(43)79)49(77)67-41-25-39(41)31-5-9-33(10-6-31)55(57,58)59)53(81)65-35-13-15-36(16-14-35)66-54(82)72-24-22-38-18-20-46(74(38)52(80)44(28-72)70-48(76)30(2)64-4)50(78)68-42-26-40(42)32-7-11-34(12-8-32)56(60,61)62/h5-16,29-30,37-46,63-64H,17-28H2,1-4H3,(H,65,81)(H,66,82)(H,67,77)(H,68,78)(H,69,75)(H,70,76)/t29-,30-,37+,38+,39+,40+,41-,42-,43-,44+,45-,46-/m0/s1. The molecule has 3 aromatic carbocycles. The molecule has 82 heavy (non-hydrogen) atoms. The lowest BCUT2D eigenvalue weighted by Gasteiger charge is -2.39. The topological polar surface area (TPSA) is 246 Å². The first-order valence-electron chi connectivity index (χ1n) is 27.7. The number of fused-ring (bicyclic) bond motifs is 2. The molecule has 9 rings (SSSR count). The predicted molar refractivity (Wildman–Crippen MR) is 287 cm³/mol. The number of alkyl halides is 6. The molecule has 0 spiro atoms. The van der Waals surface area contributed by atoms with Gasteiger partial charge in [0.05, 0.1) is 36.3 Å². The van der Waals surface area contributed by atoms with E-state index in [1.807, 2.05) is 0 Å². The molecule has 4 aliphatic heterocycles. The Kier molecular flexibility index (Phi) is 17.4. The minimum absolute atomic E-state index is 0.144. The van der Waals surface area contributed by atoms with E-state index in [1.54, 1.807) is 52.2 Å². The second-order valence-electron chi connectivity index (χ2n) is 22.2. The van der Waals surface area contributed by atoms with Crippen LogP contribution in [-0.2, 0) is 41.1 Å². The Balaban J connectivity index is 0.812. The van der Waals surface area contributed by atoms with Crippen LogP contribution in [0.15, 0.2) is 72.8 Å². The molecule has 0 bridgehead atoms. The van der Waals surface area contributed by atoms with Crippen molar-refractivity contribution < 1.29 is 64.7 Å². The highest BCUT2D eigenvalue weighted by molar-refractivity contribution is 5.97. The van der Waals surface area contributed by atoms with Crippen LogP contribution in [0, 0.1) is 0 Å². The molecule has 2 saturated carbocycles. The van der Waals surface area contributed by atoms with Gasteiger partial charge in [0.25, 0.3) is 0 Å². The number of amides is 10. The Bertz CT molecular complexity index is 2710. The quantitative estimate of drug-likeness (QED) is 0.106. The molecule has 3 aromatic rings. The normalized spacial score (nSPS) is 27.0. The van der Waals surface area contributed by atoms with E-state index in [0.717, 1.165) is 24.3 Å². The molecule has 8 N–H and O–H groups in total. The van der Waals surface area contributed by atoms with Gasteiger partial charge >= 0.3 is 24.4 Å². The molecule has 20 nitrogen and oxygen atoms in total. The first-order chi connectivity index (χ1) is 38.9. The van der Waals surface area contributed by atoms with Crippen LogP contribution in [0.5, 0.6) is 0 Å². The summed E-state index contributed by atoms with van der Waals surface area (Å²) >= 11 is 0. The molecule has 26 heteroatoms. The molecule has 4 heterocycles. The van der Waals surface area contributed by atoms with Gasteiger partial charge < -0.3 is 62.1 Å². The van der Waals surface area contributed by atoms with Crippen molar-refractivity contribution >= 4 is 58.9 Å². The van der Waals surface area contributed by atoms with Crippen LogP contribution in [0.25, 0.3) is 0 Å². The summed E-state index contributed by atoms with van der Waals surface area (Å²) in [6, 6.07) is 7.40. The molecule has 0 unspecified atom stereocenters. The molecule has 10 amide bonds. The van der Waals surface area contributed by atoms with Crippen LogP contribution in [0.4, 0.5) is 47.3 Å². The van der Waals surface area contributed by atoms with Gasteiger partial charge in [0.15, 0.2) is 0 Å². The Hall–Kier alpha value is -7.48. The van der Waals surface area contributed by atoms with E-state index in [0.29, 0.717) is 73.9 Å². The number of carbonyl (C=O) groups is 8. The number of nitrogens with zero attached hydrogens (tertiary/aromatic N) is 4. The molecule has 2 aliphatic carbocycles. The maximum Gasteiger partial charge on any atom is 0.416 e. The van der Waals surface area contributed by atoms with E-state index in [2.05, 4.69) is 42.5 Å². The van der Waals surface area contributed by atoms with Crippen LogP contribution >= 0.6 is 0 Å². The smallest absolute Gasteiger partial charge is 0.351 e. The van der Waals surface area contributed by atoms with Gasteiger partial charge in [-0.3, -0.25) is 28.8 Å². The Morgan fingerprint density at radius 1 is 0.500 bits per heavy atom. The number of benzene rings is 3. The van der Waals surface area contributed by atoms with Gasteiger partial charge in [-0.25, -0.2) is 9.59 Å². The van der Waals surface area contributed by atoms with Gasteiger partial charge in [-0.2, -0.15) is 26.3 Å². The molecule has 6 fully saturated rings. The summed E-state index contributed by atoms with van der Waals surface area (Å²) in [4.78, 5) is 117. The summed E-state index contributed by atoms with van der Waals surface area (Å²) in [5.74, 6) is -3.31. The maximum atomic E-state index is 14.5. The number of hydrogen-bond acceptors (Lipinski definition) is 10. The summed E-state index contributed by atoms with van der Waals surface area (Å²) in [6.45, 7) is 3.00. The predicted octanol–water partition coefficient (Wildman–Crippen LogP) is 4.45. The van der Waals surface area contributed by atoms with Crippen LogP contribution < -0.4 is 42.5 Å². The number of urea groups is 2. The van der Waals surface area contributed by atoms with Crippen molar-refractivity contribution in [3.63, 3.8) is 0 Å². The highest BCUT2D eigenvalue weighted by Crippen LogP contribution is 2.44. The Labute approximate surface area is 469 Å². The van der Waals surface area contributed by atoms with Crippen molar-refractivity contribution in [2.75, 3.05) is 50.9 Å². The van der Waals surface area contributed by atoms with E-state index in [4.69, 9.17) is 0 Å². The van der Waals surface area contributed by atoms with Gasteiger partial charge in [-0.15, -0.1) is 0 Å². The van der Waals surface area contributed by atoms with Gasteiger partial charge in [-0.05, 0) is 139 Å². The summed E-state index contributed by atoms with van der Waals surface area (Å²) in [5, 5.41) is 22.8.